The number of carbonyl (C=O) groups is 2. The molecule has 152 valence electrons. The third-order valence-electron chi connectivity index (χ3n) is 5.36. The van der Waals surface area contributed by atoms with E-state index in [4.69, 9.17) is 16.3 Å². The van der Waals surface area contributed by atoms with E-state index in [1.54, 1.807) is 24.3 Å². The van der Waals surface area contributed by atoms with Gasteiger partial charge in [-0.25, -0.2) is 4.79 Å². The van der Waals surface area contributed by atoms with Gasteiger partial charge < -0.3 is 15.2 Å². The number of halogens is 1. The van der Waals surface area contributed by atoms with E-state index in [2.05, 4.69) is 17.4 Å². The summed E-state index contributed by atoms with van der Waals surface area (Å²) >= 11 is 5.86. The van der Waals surface area contributed by atoms with Crippen LogP contribution >= 0.6 is 11.6 Å². The van der Waals surface area contributed by atoms with E-state index >= 15 is 0 Å². The lowest BCUT2D eigenvalue weighted by Gasteiger charge is -2.16. The fraction of sp³-hybridized carbons (Fsp3) is 0.167. The summed E-state index contributed by atoms with van der Waals surface area (Å²) in [6, 6.07) is 22.7. The number of amides is 1. The predicted molar refractivity (Wildman–Crippen MR) is 115 cm³/mol. The van der Waals surface area contributed by atoms with Gasteiger partial charge in [-0.05, 0) is 39.9 Å². The second-order valence-corrected chi connectivity index (χ2v) is 7.59. The first-order valence-electron chi connectivity index (χ1n) is 9.61. The van der Waals surface area contributed by atoms with Crippen LogP contribution in [-0.2, 0) is 9.53 Å². The number of carbonyl (C=O) groups excluding carboxylic acids is 1. The maximum absolute atomic E-state index is 12.3. The second kappa shape index (κ2) is 8.59. The molecule has 0 bridgehead atoms. The van der Waals surface area contributed by atoms with Gasteiger partial charge in [0, 0.05) is 17.5 Å². The predicted octanol–water partition coefficient (Wildman–Crippen LogP) is 5.05. The molecule has 0 spiro atoms. The normalized spacial score (nSPS) is 13.2. The Bertz CT molecular complexity index is 1040. The molecular weight excluding hydrogens is 402 g/mol. The highest BCUT2D eigenvalue weighted by atomic mass is 35.5. The molecule has 1 atom stereocenters. The number of ether oxygens (including phenoxy) is 1. The average molecular weight is 422 g/mol. The van der Waals surface area contributed by atoms with E-state index in [9.17, 15) is 14.7 Å². The van der Waals surface area contributed by atoms with Crippen molar-refractivity contribution in [2.24, 2.45) is 0 Å². The first-order valence-corrected chi connectivity index (χ1v) is 9.99. The van der Waals surface area contributed by atoms with Crippen molar-refractivity contribution in [3.05, 3.63) is 94.5 Å². The average Bonchev–Trinajstić information content (AvgIpc) is 3.07. The van der Waals surface area contributed by atoms with E-state index in [1.165, 1.54) is 0 Å². The first-order chi connectivity index (χ1) is 14.5. The molecule has 1 amide bonds. The summed E-state index contributed by atoms with van der Waals surface area (Å²) in [7, 11) is 0. The molecule has 1 aliphatic carbocycles. The van der Waals surface area contributed by atoms with Crippen molar-refractivity contribution in [2.45, 2.75) is 11.8 Å². The fourth-order valence-electron chi connectivity index (χ4n) is 3.88. The van der Waals surface area contributed by atoms with E-state index in [-0.39, 0.29) is 19.1 Å². The number of carboxylic acid groups (broad SMARTS) is 1. The van der Waals surface area contributed by atoms with Crippen LogP contribution in [0.1, 0.15) is 28.5 Å². The highest BCUT2D eigenvalue weighted by molar-refractivity contribution is 6.30. The van der Waals surface area contributed by atoms with Crippen LogP contribution in [0.4, 0.5) is 4.79 Å². The molecule has 4 rings (SSSR count). The zero-order chi connectivity index (χ0) is 21.1. The summed E-state index contributed by atoms with van der Waals surface area (Å²) < 4.78 is 5.46. The Labute approximate surface area is 179 Å². The zero-order valence-electron chi connectivity index (χ0n) is 16.0. The van der Waals surface area contributed by atoms with Crippen LogP contribution in [-0.4, -0.2) is 30.3 Å². The molecule has 0 heterocycles. The Balaban J connectivity index is 1.40. The van der Waals surface area contributed by atoms with Gasteiger partial charge in [-0.2, -0.15) is 0 Å². The molecule has 3 aromatic rings. The Morgan fingerprint density at radius 2 is 1.50 bits per heavy atom. The Morgan fingerprint density at radius 1 is 0.933 bits per heavy atom. The van der Waals surface area contributed by atoms with Crippen LogP contribution < -0.4 is 5.32 Å². The molecule has 5 nitrogen and oxygen atoms in total. The molecule has 0 saturated carbocycles. The van der Waals surface area contributed by atoms with Gasteiger partial charge in [0.05, 0.1) is 5.92 Å². The van der Waals surface area contributed by atoms with Crippen molar-refractivity contribution in [2.75, 3.05) is 13.2 Å². The smallest absolute Gasteiger partial charge is 0.407 e. The molecule has 0 unspecified atom stereocenters. The maximum Gasteiger partial charge on any atom is 0.407 e. The molecule has 0 saturated heterocycles. The van der Waals surface area contributed by atoms with Crippen molar-refractivity contribution in [1.29, 1.82) is 0 Å². The van der Waals surface area contributed by atoms with Gasteiger partial charge in [0.15, 0.2) is 0 Å². The van der Waals surface area contributed by atoms with E-state index in [1.807, 2.05) is 36.4 Å². The van der Waals surface area contributed by atoms with Crippen LogP contribution in [0.3, 0.4) is 0 Å². The van der Waals surface area contributed by atoms with Gasteiger partial charge in [-0.3, -0.25) is 4.79 Å². The molecule has 0 aromatic heterocycles. The van der Waals surface area contributed by atoms with Crippen molar-refractivity contribution in [1.82, 2.24) is 5.32 Å². The largest absolute Gasteiger partial charge is 0.481 e. The molecule has 30 heavy (non-hydrogen) atoms. The summed E-state index contributed by atoms with van der Waals surface area (Å²) in [5.74, 6) is -1.96. The number of aliphatic carboxylic acids is 1. The van der Waals surface area contributed by atoms with E-state index in [0.717, 1.165) is 22.3 Å². The van der Waals surface area contributed by atoms with Crippen LogP contribution in [0, 0.1) is 0 Å². The molecule has 6 heteroatoms. The number of nitrogens with one attached hydrogen (secondary N) is 1. The monoisotopic (exact) mass is 421 g/mol. The summed E-state index contributed by atoms with van der Waals surface area (Å²) in [6.45, 7) is 0.103. The Kier molecular flexibility index (Phi) is 5.72. The number of rotatable bonds is 6. The summed E-state index contributed by atoms with van der Waals surface area (Å²) in [6.07, 6.45) is -0.642. The maximum atomic E-state index is 12.3. The summed E-state index contributed by atoms with van der Waals surface area (Å²) in [5.41, 5.74) is 5.10. The number of hydrogen-bond acceptors (Lipinski definition) is 3. The highest BCUT2D eigenvalue weighted by Crippen LogP contribution is 2.44. The Hall–Kier alpha value is -3.31. The van der Waals surface area contributed by atoms with Crippen molar-refractivity contribution >= 4 is 23.7 Å². The van der Waals surface area contributed by atoms with E-state index in [0.29, 0.717) is 10.6 Å². The lowest BCUT2D eigenvalue weighted by molar-refractivity contribution is -0.138. The number of hydrogen-bond donors (Lipinski definition) is 2. The van der Waals surface area contributed by atoms with Gasteiger partial charge in [-0.15, -0.1) is 0 Å². The summed E-state index contributed by atoms with van der Waals surface area (Å²) in [5, 5.41) is 12.6. The zero-order valence-corrected chi connectivity index (χ0v) is 16.8. The van der Waals surface area contributed by atoms with Crippen molar-refractivity contribution in [3.63, 3.8) is 0 Å². The van der Waals surface area contributed by atoms with Crippen LogP contribution in [0.5, 0.6) is 0 Å². The van der Waals surface area contributed by atoms with Crippen LogP contribution in [0.25, 0.3) is 11.1 Å². The molecular formula is C24H20ClNO4. The van der Waals surface area contributed by atoms with Gasteiger partial charge >= 0.3 is 12.1 Å². The topological polar surface area (TPSA) is 75.6 Å². The Morgan fingerprint density at radius 3 is 2.07 bits per heavy atom. The molecule has 0 fully saturated rings. The van der Waals surface area contributed by atoms with Gasteiger partial charge in [0.1, 0.15) is 6.61 Å². The third kappa shape index (κ3) is 4.02. The number of fused-ring (bicyclic) bond motifs is 3. The summed E-state index contributed by atoms with van der Waals surface area (Å²) in [4.78, 5) is 23.9. The van der Waals surface area contributed by atoms with Crippen LogP contribution in [0.15, 0.2) is 72.8 Å². The van der Waals surface area contributed by atoms with E-state index < -0.39 is 18.0 Å². The van der Waals surface area contributed by atoms with Gasteiger partial charge in [0.2, 0.25) is 0 Å². The quantitative estimate of drug-likeness (QED) is 0.584. The SMILES string of the molecule is O=C(NC[C@@H](C(=O)O)c1ccc(Cl)cc1)OCC1c2ccccc2-c2ccccc21. The fourth-order valence-corrected chi connectivity index (χ4v) is 4.00. The standard InChI is InChI=1S/C24H20ClNO4/c25-16-11-9-15(10-12-16)21(23(27)28)13-26-24(29)30-14-22-19-7-3-1-5-17(19)18-6-2-4-8-20(18)22/h1-12,21-22H,13-14H2,(H,26,29)(H,27,28)/t21-/m1/s1. The van der Waals surface area contributed by atoms with Gasteiger partial charge in [0.25, 0.3) is 0 Å². The minimum Gasteiger partial charge on any atom is -0.481 e. The first kappa shape index (κ1) is 20.0. The minimum atomic E-state index is -1.03. The molecule has 0 radical (unpaired) electrons. The minimum absolute atomic E-state index is 0.0466. The highest BCUT2D eigenvalue weighted by Gasteiger charge is 2.29. The lowest BCUT2D eigenvalue weighted by atomic mass is 9.98. The lowest BCUT2D eigenvalue weighted by Crippen LogP contribution is -2.32. The number of alkyl carbamates (subject to hydrolysis) is 1. The second-order valence-electron chi connectivity index (χ2n) is 7.15. The number of benzene rings is 3. The molecule has 1 aliphatic rings. The molecule has 2 N–H and O–H groups in total. The number of carboxylic acids is 1. The molecule has 3 aromatic carbocycles. The third-order valence-corrected chi connectivity index (χ3v) is 5.62. The van der Waals surface area contributed by atoms with Crippen molar-refractivity contribution in [3.8, 4) is 11.1 Å². The van der Waals surface area contributed by atoms with Crippen molar-refractivity contribution < 1.29 is 19.4 Å². The van der Waals surface area contributed by atoms with Gasteiger partial charge in [-0.1, -0.05) is 72.3 Å². The molecule has 0 aliphatic heterocycles. The van der Waals surface area contributed by atoms with Crippen LogP contribution in [0.2, 0.25) is 5.02 Å².